The lowest BCUT2D eigenvalue weighted by Gasteiger charge is -2.10. The Hall–Kier alpha value is -2.50. The summed E-state index contributed by atoms with van der Waals surface area (Å²) in [4.78, 5) is 27.3. The van der Waals surface area contributed by atoms with Gasteiger partial charge in [-0.15, -0.1) is 0 Å². The lowest BCUT2D eigenvalue weighted by molar-refractivity contribution is -0.138. The van der Waals surface area contributed by atoms with Gasteiger partial charge in [-0.3, -0.25) is 14.6 Å². The number of alkyl halides is 3. The summed E-state index contributed by atoms with van der Waals surface area (Å²) < 4.78 is 38.4. The number of ketones is 2. The Bertz CT molecular complexity index is 681. The predicted molar refractivity (Wildman–Crippen MR) is 73.6 cm³/mol. The second-order valence-corrected chi connectivity index (χ2v) is 4.61. The smallest absolute Gasteiger partial charge is 0.294 e. The van der Waals surface area contributed by atoms with Crippen LogP contribution in [0.2, 0.25) is 0 Å². The first kappa shape index (κ1) is 15.9. The van der Waals surface area contributed by atoms with Crippen molar-refractivity contribution < 1.29 is 22.8 Å². The second-order valence-electron chi connectivity index (χ2n) is 4.61. The molecule has 2 aromatic rings. The molecule has 0 amide bonds. The number of carbonyl (C=O) groups is 2. The minimum absolute atomic E-state index is 0.156. The molecule has 0 saturated heterocycles. The molecule has 0 atom stereocenters. The van der Waals surface area contributed by atoms with Gasteiger partial charge in [0, 0.05) is 24.6 Å². The van der Waals surface area contributed by atoms with Crippen molar-refractivity contribution in [1.29, 1.82) is 0 Å². The van der Waals surface area contributed by atoms with Gasteiger partial charge in [0.1, 0.15) is 5.69 Å². The van der Waals surface area contributed by atoms with Crippen molar-refractivity contribution in [2.45, 2.75) is 19.0 Å². The van der Waals surface area contributed by atoms with Crippen molar-refractivity contribution in [3.63, 3.8) is 0 Å². The molecule has 2 rings (SSSR count). The van der Waals surface area contributed by atoms with Crippen LogP contribution in [0.25, 0.3) is 0 Å². The molecule has 1 aromatic heterocycles. The second kappa shape index (κ2) is 6.51. The topological polar surface area (TPSA) is 47.0 Å². The monoisotopic (exact) mass is 307 g/mol. The predicted octanol–water partition coefficient (Wildman–Crippen LogP) is 3.95. The minimum Gasteiger partial charge on any atom is -0.294 e. The van der Waals surface area contributed by atoms with E-state index in [1.54, 1.807) is 30.3 Å². The fraction of sp³-hybridized carbons (Fsp3) is 0.188. The van der Waals surface area contributed by atoms with E-state index in [9.17, 15) is 22.8 Å². The Kier molecular flexibility index (Phi) is 4.70. The van der Waals surface area contributed by atoms with E-state index in [0.717, 1.165) is 18.3 Å². The number of Topliss-reactive ketones (excluding diaryl/α,β-unsaturated/α-hetero) is 2. The highest BCUT2D eigenvalue weighted by molar-refractivity contribution is 6.01. The molecule has 0 saturated carbocycles. The molecule has 1 heterocycles. The maximum atomic E-state index is 12.8. The zero-order valence-corrected chi connectivity index (χ0v) is 11.4. The summed E-state index contributed by atoms with van der Waals surface area (Å²) in [6.45, 7) is 0. The molecule has 6 heteroatoms. The van der Waals surface area contributed by atoms with E-state index in [-0.39, 0.29) is 18.6 Å². The first-order valence-corrected chi connectivity index (χ1v) is 6.53. The number of pyridine rings is 1. The van der Waals surface area contributed by atoms with E-state index in [4.69, 9.17) is 0 Å². The summed E-state index contributed by atoms with van der Waals surface area (Å²) >= 11 is 0. The normalized spacial score (nSPS) is 11.2. The molecule has 1 aromatic carbocycles. The van der Waals surface area contributed by atoms with Gasteiger partial charge in [-0.1, -0.05) is 30.3 Å². The number of hydrogen-bond donors (Lipinski definition) is 0. The third-order valence-corrected chi connectivity index (χ3v) is 3.05. The molecule has 114 valence electrons. The molecular formula is C16H12F3NO2. The van der Waals surface area contributed by atoms with Crippen molar-refractivity contribution in [3.8, 4) is 0 Å². The minimum atomic E-state index is -4.65. The van der Waals surface area contributed by atoms with Gasteiger partial charge in [-0.25, -0.2) is 0 Å². The lowest BCUT2D eigenvalue weighted by atomic mass is 10.0. The number of benzene rings is 1. The third kappa shape index (κ3) is 3.78. The number of nitrogens with zero attached hydrogens (tertiary/aromatic N) is 1. The van der Waals surface area contributed by atoms with E-state index in [0.29, 0.717) is 5.56 Å². The highest BCUT2D eigenvalue weighted by Gasteiger charge is 2.35. The molecule has 0 spiro atoms. The van der Waals surface area contributed by atoms with Gasteiger partial charge in [-0.05, 0) is 12.1 Å². The van der Waals surface area contributed by atoms with Crippen LogP contribution in [0.15, 0.2) is 48.7 Å². The first-order chi connectivity index (χ1) is 10.4. The van der Waals surface area contributed by atoms with Crippen LogP contribution in [0.4, 0.5) is 13.2 Å². The van der Waals surface area contributed by atoms with Crippen LogP contribution in [0.5, 0.6) is 0 Å². The molecule has 0 aliphatic rings. The maximum absolute atomic E-state index is 12.8. The van der Waals surface area contributed by atoms with Gasteiger partial charge in [-0.2, -0.15) is 13.2 Å². The van der Waals surface area contributed by atoms with Gasteiger partial charge in [0.15, 0.2) is 11.6 Å². The summed E-state index contributed by atoms with van der Waals surface area (Å²) in [5.41, 5.74) is -1.30. The summed E-state index contributed by atoms with van der Waals surface area (Å²) in [5.74, 6) is -1.09. The van der Waals surface area contributed by atoms with E-state index in [2.05, 4.69) is 4.98 Å². The van der Waals surface area contributed by atoms with E-state index >= 15 is 0 Å². The van der Waals surface area contributed by atoms with Gasteiger partial charge in [0.05, 0.1) is 5.56 Å². The van der Waals surface area contributed by atoms with Crippen LogP contribution >= 0.6 is 0 Å². The van der Waals surface area contributed by atoms with E-state index in [1.807, 2.05) is 0 Å². The molecule has 3 nitrogen and oxygen atoms in total. The summed E-state index contributed by atoms with van der Waals surface area (Å²) in [5, 5.41) is 0. The van der Waals surface area contributed by atoms with Gasteiger partial charge in [0.2, 0.25) is 0 Å². The average molecular weight is 307 g/mol. The number of aromatic nitrogens is 1. The number of hydrogen-bond acceptors (Lipinski definition) is 3. The Morgan fingerprint density at radius 2 is 1.55 bits per heavy atom. The van der Waals surface area contributed by atoms with Crippen molar-refractivity contribution >= 4 is 11.6 Å². The van der Waals surface area contributed by atoms with Crippen LogP contribution < -0.4 is 0 Å². The number of carbonyl (C=O) groups excluding carboxylic acids is 2. The van der Waals surface area contributed by atoms with Crippen LogP contribution in [0, 0.1) is 0 Å². The average Bonchev–Trinajstić information content (AvgIpc) is 2.52. The lowest BCUT2D eigenvalue weighted by Crippen LogP contribution is -2.15. The molecule has 0 fully saturated rings. The van der Waals surface area contributed by atoms with Gasteiger partial charge in [0.25, 0.3) is 0 Å². The van der Waals surface area contributed by atoms with Gasteiger partial charge >= 0.3 is 6.18 Å². The van der Waals surface area contributed by atoms with E-state index < -0.39 is 23.2 Å². The van der Waals surface area contributed by atoms with Crippen molar-refractivity contribution in [1.82, 2.24) is 4.98 Å². The van der Waals surface area contributed by atoms with Gasteiger partial charge < -0.3 is 0 Å². The van der Waals surface area contributed by atoms with Crippen molar-refractivity contribution in [2.75, 3.05) is 0 Å². The fourth-order valence-corrected chi connectivity index (χ4v) is 1.97. The number of halogens is 3. The Labute approximate surface area is 124 Å². The van der Waals surface area contributed by atoms with Crippen molar-refractivity contribution in [3.05, 3.63) is 65.5 Å². The Morgan fingerprint density at radius 3 is 2.18 bits per heavy atom. The Balaban J connectivity index is 2.09. The summed E-state index contributed by atoms with van der Waals surface area (Å²) in [7, 11) is 0. The molecule has 0 radical (unpaired) electrons. The van der Waals surface area contributed by atoms with Crippen molar-refractivity contribution in [2.24, 2.45) is 0 Å². The Morgan fingerprint density at radius 1 is 0.909 bits per heavy atom. The first-order valence-electron chi connectivity index (χ1n) is 6.53. The van der Waals surface area contributed by atoms with Crippen LogP contribution in [0.3, 0.4) is 0 Å². The standard InChI is InChI=1S/C16H12F3NO2/c17-16(18,19)12-7-4-10-20-15(12)14(22)9-8-13(21)11-5-2-1-3-6-11/h1-7,10H,8-9H2. The zero-order valence-electron chi connectivity index (χ0n) is 11.4. The highest BCUT2D eigenvalue weighted by atomic mass is 19.4. The molecule has 0 bridgehead atoms. The van der Waals surface area contributed by atoms with Crippen LogP contribution in [0.1, 0.15) is 39.3 Å². The molecular weight excluding hydrogens is 295 g/mol. The SMILES string of the molecule is O=C(CCC(=O)c1ncccc1C(F)(F)F)c1ccccc1. The third-order valence-electron chi connectivity index (χ3n) is 3.05. The zero-order chi connectivity index (χ0) is 16.2. The summed E-state index contributed by atoms with van der Waals surface area (Å²) in [6, 6.07) is 10.2. The quantitative estimate of drug-likeness (QED) is 0.786. The molecule has 0 unspecified atom stereocenters. The molecule has 0 N–H and O–H groups in total. The fourth-order valence-electron chi connectivity index (χ4n) is 1.97. The highest BCUT2D eigenvalue weighted by Crippen LogP contribution is 2.31. The van der Waals surface area contributed by atoms with E-state index in [1.165, 1.54) is 0 Å². The number of rotatable bonds is 5. The van der Waals surface area contributed by atoms with Crippen LogP contribution in [-0.4, -0.2) is 16.6 Å². The summed E-state index contributed by atoms with van der Waals surface area (Å²) in [6.07, 6.45) is -3.99. The maximum Gasteiger partial charge on any atom is 0.418 e. The largest absolute Gasteiger partial charge is 0.418 e. The molecule has 0 aliphatic heterocycles. The van der Waals surface area contributed by atoms with Crippen LogP contribution in [-0.2, 0) is 6.18 Å². The molecule has 0 aliphatic carbocycles. The molecule has 22 heavy (non-hydrogen) atoms.